The van der Waals surface area contributed by atoms with E-state index in [1.165, 1.54) is 17.8 Å². The third kappa shape index (κ3) is 5.72. The molecule has 2 amide bonds. The van der Waals surface area contributed by atoms with Crippen molar-refractivity contribution in [2.75, 3.05) is 6.61 Å². The maximum absolute atomic E-state index is 12.6. The molecule has 2 heterocycles. The van der Waals surface area contributed by atoms with Gasteiger partial charge in [0.05, 0.1) is 26.5 Å². The highest BCUT2D eigenvalue weighted by atomic mass is 32.1. The van der Waals surface area contributed by atoms with E-state index in [9.17, 15) is 14.4 Å². The Labute approximate surface area is 194 Å². The van der Waals surface area contributed by atoms with Crippen LogP contribution in [-0.2, 0) is 20.7 Å². The lowest BCUT2D eigenvalue weighted by Gasteiger charge is -2.36. The third-order valence-corrected chi connectivity index (χ3v) is 7.63. The second kappa shape index (κ2) is 10.2. The van der Waals surface area contributed by atoms with Crippen molar-refractivity contribution >= 4 is 50.7 Å². The number of nitrogens with one attached hydrogen (secondary N) is 2. The summed E-state index contributed by atoms with van der Waals surface area (Å²) in [5.41, 5.74) is 5.39. The molecule has 0 saturated heterocycles. The van der Waals surface area contributed by atoms with E-state index in [4.69, 9.17) is 9.72 Å². The van der Waals surface area contributed by atoms with Gasteiger partial charge in [0.1, 0.15) is 0 Å². The van der Waals surface area contributed by atoms with Crippen LogP contribution in [0, 0.1) is 5.41 Å². The van der Waals surface area contributed by atoms with E-state index in [1.807, 2.05) is 18.2 Å². The number of hydrazine groups is 1. The van der Waals surface area contributed by atoms with Crippen molar-refractivity contribution in [2.24, 2.45) is 5.41 Å². The quantitative estimate of drug-likeness (QED) is 0.397. The molecule has 3 aromatic rings. The van der Waals surface area contributed by atoms with Crippen molar-refractivity contribution in [2.45, 2.75) is 44.9 Å². The standard InChI is InChI=1S/C23H25N3O4S2/c27-19(25-26-22(29)18-9-6-12-31-18)15-30-21(28)14-23(10-4-1-5-11-23)13-20-24-16-7-2-3-8-17(16)32-20/h2-3,6-9,12H,1,4-5,10-11,13-15H2,(H,25,27)(H,26,29). The second-order valence-corrected chi connectivity index (χ2v) is 10.2. The number of thiophene rings is 1. The van der Waals surface area contributed by atoms with Crippen LogP contribution < -0.4 is 10.9 Å². The first kappa shape index (κ1) is 22.4. The smallest absolute Gasteiger partial charge is 0.306 e. The predicted molar refractivity (Wildman–Crippen MR) is 124 cm³/mol. The van der Waals surface area contributed by atoms with Gasteiger partial charge in [-0.1, -0.05) is 37.5 Å². The Morgan fingerprint density at radius 2 is 1.84 bits per heavy atom. The molecule has 2 aromatic heterocycles. The zero-order valence-electron chi connectivity index (χ0n) is 17.6. The molecule has 0 radical (unpaired) electrons. The zero-order valence-corrected chi connectivity index (χ0v) is 19.2. The molecule has 9 heteroatoms. The van der Waals surface area contributed by atoms with Crippen molar-refractivity contribution in [3.05, 3.63) is 51.7 Å². The lowest BCUT2D eigenvalue weighted by molar-refractivity contribution is -0.151. The normalized spacial score (nSPS) is 15.2. The van der Waals surface area contributed by atoms with Crippen LogP contribution in [0.3, 0.4) is 0 Å². The van der Waals surface area contributed by atoms with E-state index in [0.29, 0.717) is 4.88 Å². The molecule has 1 saturated carbocycles. The summed E-state index contributed by atoms with van der Waals surface area (Å²) < 4.78 is 6.38. The van der Waals surface area contributed by atoms with E-state index >= 15 is 0 Å². The minimum atomic E-state index is -0.577. The van der Waals surface area contributed by atoms with Crippen LogP contribution in [0.4, 0.5) is 0 Å². The summed E-state index contributed by atoms with van der Waals surface area (Å²) in [6.07, 6.45) is 6.22. The number of nitrogens with zero attached hydrogens (tertiary/aromatic N) is 1. The van der Waals surface area contributed by atoms with Crippen molar-refractivity contribution in [1.29, 1.82) is 0 Å². The van der Waals surface area contributed by atoms with E-state index in [2.05, 4.69) is 16.9 Å². The minimum Gasteiger partial charge on any atom is -0.455 e. The van der Waals surface area contributed by atoms with Crippen molar-refractivity contribution in [3.63, 3.8) is 0 Å². The Kier molecular flexibility index (Phi) is 7.16. The molecule has 2 N–H and O–H groups in total. The fourth-order valence-corrected chi connectivity index (χ4v) is 5.93. The van der Waals surface area contributed by atoms with Crippen LogP contribution >= 0.6 is 22.7 Å². The Balaban J connectivity index is 1.30. The fourth-order valence-electron chi connectivity index (χ4n) is 4.17. The maximum atomic E-state index is 12.6. The average Bonchev–Trinajstić information content (AvgIpc) is 3.46. The number of aromatic nitrogens is 1. The van der Waals surface area contributed by atoms with Crippen molar-refractivity contribution in [1.82, 2.24) is 15.8 Å². The monoisotopic (exact) mass is 471 g/mol. The molecule has 32 heavy (non-hydrogen) atoms. The summed E-state index contributed by atoms with van der Waals surface area (Å²) in [4.78, 5) is 41.7. The van der Waals surface area contributed by atoms with Gasteiger partial charge >= 0.3 is 5.97 Å². The maximum Gasteiger partial charge on any atom is 0.306 e. The van der Waals surface area contributed by atoms with Crippen molar-refractivity contribution < 1.29 is 19.1 Å². The van der Waals surface area contributed by atoms with Crippen LogP contribution in [0.25, 0.3) is 10.2 Å². The zero-order chi connectivity index (χ0) is 22.4. The fraction of sp³-hybridized carbons (Fsp3) is 0.391. The summed E-state index contributed by atoms with van der Waals surface area (Å²) in [5.74, 6) is -1.38. The summed E-state index contributed by atoms with van der Waals surface area (Å²) in [5, 5.41) is 2.81. The molecule has 0 spiro atoms. The third-order valence-electron chi connectivity index (χ3n) is 5.72. The number of carbonyl (C=O) groups excluding carboxylic acids is 3. The molecule has 1 aliphatic carbocycles. The number of hydrogen-bond donors (Lipinski definition) is 2. The van der Waals surface area contributed by atoms with E-state index < -0.39 is 24.4 Å². The number of carbonyl (C=O) groups is 3. The number of thiazole rings is 1. The molecule has 0 bridgehead atoms. The lowest BCUT2D eigenvalue weighted by Crippen LogP contribution is -2.43. The molecule has 0 unspecified atom stereocenters. The Morgan fingerprint density at radius 3 is 2.59 bits per heavy atom. The van der Waals surface area contributed by atoms with E-state index in [0.717, 1.165) is 47.3 Å². The first-order chi connectivity index (χ1) is 15.5. The molecule has 168 valence electrons. The molecule has 0 atom stereocenters. The van der Waals surface area contributed by atoms with Gasteiger partial charge < -0.3 is 4.74 Å². The molecule has 0 aliphatic heterocycles. The van der Waals surface area contributed by atoms with Gasteiger partial charge in [-0.3, -0.25) is 25.2 Å². The van der Waals surface area contributed by atoms with Gasteiger partial charge in [0.25, 0.3) is 11.8 Å². The summed E-state index contributed by atoms with van der Waals surface area (Å²) in [6, 6.07) is 11.5. The van der Waals surface area contributed by atoms with Gasteiger partial charge in [-0.05, 0) is 41.8 Å². The van der Waals surface area contributed by atoms with Crippen molar-refractivity contribution in [3.8, 4) is 0 Å². The van der Waals surface area contributed by atoms with Gasteiger partial charge in [0.2, 0.25) is 0 Å². The number of esters is 1. The Bertz CT molecular complexity index is 1050. The number of hydrogen-bond acceptors (Lipinski definition) is 7. The Hall–Kier alpha value is -2.78. The average molecular weight is 472 g/mol. The Morgan fingerprint density at radius 1 is 1.03 bits per heavy atom. The van der Waals surface area contributed by atoms with Crippen LogP contribution in [0.5, 0.6) is 0 Å². The molecule has 4 rings (SSSR count). The summed E-state index contributed by atoms with van der Waals surface area (Å²) in [7, 11) is 0. The first-order valence-electron chi connectivity index (χ1n) is 10.7. The van der Waals surface area contributed by atoms with Crippen LogP contribution in [0.15, 0.2) is 41.8 Å². The van der Waals surface area contributed by atoms with Crippen LogP contribution in [0.1, 0.15) is 53.2 Å². The van der Waals surface area contributed by atoms with Gasteiger partial charge in [0.15, 0.2) is 6.61 Å². The topological polar surface area (TPSA) is 97.4 Å². The largest absolute Gasteiger partial charge is 0.455 e. The van der Waals surface area contributed by atoms with E-state index in [1.54, 1.807) is 28.8 Å². The second-order valence-electron chi connectivity index (χ2n) is 8.13. The van der Waals surface area contributed by atoms with Crippen LogP contribution in [0.2, 0.25) is 0 Å². The van der Waals surface area contributed by atoms with Crippen LogP contribution in [-0.4, -0.2) is 29.4 Å². The van der Waals surface area contributed by atoms with E-state index in [-0.39, 0.29) is 11.8 Å². The molecular formula is C23H25N3O4S2. The van der Waals surface area contributed by atoms with Gasteiger partial charge in [0, 0.05) is 6.42 Å². The first-order valence-corrected chi connectivity index (χ1v) is 12.4. The minimum absolute atomic E-state index is 0.187. The van der Waals surface area contributed by atoms with Gasteiger partial charge in [-0.25, -0.2) is 4.98 Å². The number of amides is 2. The number of ether oxygens (including phenoxy) is 1. The predicted octanol–water partition coefficient (Wildman–Crippen LogP) is 4.25. The van der Waals surface area contributed by atoms with Gasteiger partial charge in [-0.15, -0.1) is 22.7 Å². The highest BCUT2D eigenvalue weighted by Gasteiger charge is 2.36. The molecule has 1 aromatic carbocycles. The summed E-state index contributed by atoms with van der Waals surface area (Å²) in [6.45, 7) is -0.430. The number of fused-ring (bicyclic) bond motifs is 1. The number of benzene rings is 1. The number of para-hydroxylation sites is 1. The molecular weight excluding hydrogens is 446 g/mol. The number of rotatable bonds is 7. The highest BCUT2D eigenvalue weighted by molar-refractivity contribution is 7.18. The summed E-state index contributed by atoms with van der Waals surface area (Å²) >= 11 is 2.94. The lowest BCUT2D eigenvalue weighted by atomic mass is 9.70. The highest BCUT2D eigenvalue weighted by Crippen LogP contribution is 2.43. The molecule has 1 aliphatic rings. The van der Waals surface area contributed by atoms with Gasteiger partial charge in [-0.2, -0.15) is 0 Å². The SMILES string of the molecule is O=C(COC(=O)CC1(Cc2nc3ccccc3s2)CCCCC1)NNC(=O)c1cccs1. The molecule has 1 fully saturated rings. The molecule has 7 nitrogen and oxygen atoms in total.